The van der Waals surface area contributed by atoms with Crippen LogP contribution >= 0.6 is 0 Å². The fourth-order valence-electron chi connectivity index (χ4n) is 9.09. The molecule has 0 aromatic heterocycles. The highest BCUT2D eigenvalue weighted by atomic mass is 19.1. The summed E-state index contributed by atoms with van der Waals surface area (Å²) >= 11 is 0. The van der Waals surface area contributed by atoms with Gasteiger partial charge in [-0.1, -0.05) is 38.5 Å². The number of aliphatic hydroxyl groups excluding tert-OH is 1. The van der Waals surface area contributed by atoms with Gasteiger partial charge in [0, 0.05) is 23.3 Å². The number of Topliss-reactive ketones (excluding diaryl/α,β-unsaturated/α-hetero) is 1. The van der Waals surface area contributed by atoms with E-state index in [9.17, 15) is 19.5 Å². The molecule has 0 bridgehead atoms. The van der Waals surface area contributed by atoms with Crippen molar-refractivity contribution >= 4 is 17.7 Å². The van der Waals surface area contributed by atoms with Crippen molar-refractivity contribution in [3.63, 3.8) is 0 Å². The van der Waals surface area contributed by atoms with Gasteiger partial charge < -0.3 is 29.4 Å². The van der Waals surface area contributed by atoms with Crippen LogP contribution in [-0.4, -0.2) is 72.4 Å². The molecule has 4 fully saturated rings. The number of benzene rings is 1. The quantitative estimate of drug-likeness (QED) is 0.425. The van der Waals surface area contributed by atoms with Crippen molar-refractivity contribution < 1.29 is 47.2 Å². The van der Waals surface area contributed by atoms with Gasteiger partial charge in [-0.05, 0) is 73.9 Å². The number of hydrogen-bond acceptors (Lipinski definition) is 8. The Morgan fingerprint density at radius 1 is 1.16 bits per heavy atom. The first kappa shape index (κ1) is 31.8. The number of hydrogen-bond donors (Lipinski definition) is 2. The van der Waals surface area contributed by atoms with Gasteiger partial charge in [-0.2, -0.15) is 0 Å². The Hall–Kier alpha value is -3.15. The summed E-state index contributed by atoms with van der Waals surface area (Å²) in [7, 11) is 1.28. The summed E-state index contributed by atoms with van der Waals surface area (Å²) in [6.07, 6.45) is -0.0470. The van der Waals surface area contributed by atoms with Crippen LogP contribution in [0.25, 0.3) is 0 Å². The third-order valence-electron chi connectivity index (χ3n) is 11.3. The lowest BCUT2D eigenvalue weighted by Crippen LogP contribution is -2.71. The smallest absolute Gasteiger partial charge is 0.407 e. The number of alkyl carbamates (subject to hydrolysis) is 1. The molecule has 45 heavy (non-hydrogen) atoms. The zero-order valence-corrected chi connectivity index (χ0v) is 26.0. The maximum absolute atomic E-state index is 17.6. The SMILES string of the molecule is CCC[C@@H]1O[C@@H]2C[C@H]3[C@@H]4C[C@H](F)C5=CC(=O)C=C[C@]5(C)[C@@]4(F)[C@@H](O)C[C@]3(C)[C@]2(C(=O)COc2ccc(CNC(=O)OC)cc2)O1. The molecule has 1 amide bonds. The molecular weight excluding hydrogens is 588 g/mol. The van der Waals surface area contributed by atoms with Gasteiger partial charge >= 0.3 is 6.09 Å². The lowest BCUT2D eigenvalue weighted by Gasteiger charge is -2.63. The number of rotatable bonds is 8. The topological polar surface area (TPSA) is 120 Å². The number of ketones is 2. The van der Waals surface area contributed by atoms with E-state index in [1.807, 2.05) is 13.8 Å². The Morgan fingerprint density at radius 3 is 2.58 bits per heavy atom. The number of aliphatic hydroxyl groups is 1. The first-order valence-electron chi connectivity index (χ1n) is 15.7. The normalized spacial score (nSPS) is 41.3. The number of nitrogens with one attached hydrogen (secondary N) is 1. The van der Waals surface area contributed by atoms with E-state index in [1.54, 1.807) is 31.2 Å². The highest BCUT2D eigenvalue weighted by molar-refractivity contribution is 6.01. The first-order valence-corrected chi connectivity index (χ1v) is 15.7. The molecule has 1 saturated heterocycles. The number of carbonyl (C=O) groups is 3. The summed E-state index contributed by atoms with van der Waals surface area (Å²) in [5.41, 5.74) is -5.56. The third kappa shape index (κ3) is 4.59. The van der Waals surface area contributed by atoms with Gasteiger partial charge in [0.25, 0.3) is 0 Å². The molecule has 3 saturated carbocycles. The zero-order chi connectivity index (χ0) is 32.4. The van der Waals surface area contributed by atoms with Crippen LogP contribution < -0.4 is 10.1 Å². The summed E-state index contributed by atoms with van der Waals surface area (Å²) in [4.78, 5) is 37.9. The molecule has 1 aliphatic heterocycles. The minimum atomic E-state index is -2.27. The van der Waals surface area contributed by atoms with Crippen LogP contribution in [0.2, 0.25) is 0 Å². The van der Waals surface area contributed by atoms with Gasteiger partial charge in [0.2, 0.25) is 5.78 Å². The Balaban J connectivity index is 1.29. The number of ether oxygens (including phenoxy) is 4. The Kier molecular flexibility index (Phi) is 7.97. The minimum Gasteiger partial charge on any atom is -0.486 e. The molecule has 6 rings (SSSR count). The largest absolute Gasteiger partial charge is 0.486 e. The summed E-state index contributed by atoms with van der Waals surface area (Å²) in [6.45, 7) is 5.26. The lowest BCUT2D eigenvalue weighted by atomic mass is 9.44. The molecule has 1 heterocycles. The highest BCUT2D eigenvalue weighted by Gasteiger charge is 2.80. The van der Waals surface area contributed by atoms with E-state index in [1.165, 1.54) is 19.3 Å². The van der Waals surface area contributed by atoms with Crippen molar-refractivity contribution in [3.8, 4) is 5.75 Å². The molecule has 5 aliphatic rings. The first-order chi connectivity index (χ1) is 21.3. The fraction of sp³-hybridized carbons (Fsp3) is 0.618. The van der Waals surface area contributed by atoms with Crippen LogP contribution in [0.5, 0.6) is 5.75 Å². The molecule has 10 atom stereocenters. The molecule has 1 aromatic carbocycles. The number of alkyl halides is 2. The van der Waals surface area contributed by atoms with Crippen molar-refractivity contribution in [3.05, 3.63) is 53.6 Å². The van der Waals surface area contributed by atoms with Gasteiger partial charge in [0.05, 0.1) is 19.3 Å². The lowest BCUT2D eigenvalue weighted by molar-refractivity contribution is -0.234. The zero-order valence-electron chi connectivity index (χ0n) is 26.0. The molecule has 2 N–H and O–H groups in total. The van der Waals surface area contributed by atoms with E-state index < -0.39 is 70.5 Å². The van der Waals surface area contributed by atoms with Crippen molar-refractivity contribution in [1.29, 1.82) is 0 Å². The molecule has 244 valence electrons. The summed E-state index contributed by atoms with van der Waals surface area (Å²) in [6, 6.07) is 6.87. The van der Waals surface area contributed by atoms with E-state index in [4.69, 9.17) is 14.2 Å². The standard InChI is InChI=1S/C34H41F2NO8/c1-5-6-29-44-28-15-22-23-14-25(35)24-13-20(38)11-12-31(24,2)33(23,36)26(39)16-32(22,3)34(28,45-29)27(40)18-43-21-9-7-19(8-10-21)17-37-30(41)42-4/h7-13,22-23,25-26,28-29,39H,5-6,14-18H2,1-4H3,(H,37,41)/t22-,23-,25-,26-,28+,29+,31-,32-,33-,34+/m0/s1. The van der Waals surface area contributed by atoms with E-state index >= 15 is 8.78 Å². The predicted octanol–water partition coefficient (Wildman–Crippen LogP) is 4.70. The second-order valence-corrected chi connectivity index (χ2v) is 13.5. The molecule has 11 heteroatoms. The summed E-state index contributed by atoms with van der Waals surface area (Å²) in [5.74, 6) is -1.87. The van der Waals surface area contributed by atoms with Gasteiger partial charge in [0.15, 0.2) is 23.3 Å². The Morgan fingerprint density at radius 2 is 1.89 bits per heavy atom. The van der Waals surface area contributed by atoms with E-state index in [2.05, 4.69) is 10.1 Å². The van der Waals surface area contributed by atoms with Crippen LogP contribution in [0.15, 0.2) is 48.1 Å². The third-order valence-corrected chi connectivity index (χ3v) is 11.3. The predicted molar refractivity (Wildman–Crippen MR) is 158 cm³/mol. The van der Waals surface area contributed by atoms with Crippen LogP contribution in [0, 0.1) is 22.7 Å². The van der Waals surface area contributed by atoms with Crippen molar-refractivity contribution in [2.24, 2.45) is 22.7 Å². The maximum Gasteiger partial charge on any atom is 0.407 e. The van der Waals surface area contributed by atoms with Gasteiger partial charge in [-0.15, -0.1) is 0 Å². The van der Waals surface area contributed by atoms with Crippen LogP contribution in [0.3, 0.4) is 0 Å². The van der Waals surface area contributed by atoms with Crippen molar-refractivity contribution in [1.82, 2.24) is 5.32 Å². The Labute approximate surface area is 261 Å². The molecule has 4 aliphatic carbocycles. The number of methoxy groups -OCH3 is 1. The van der Waals surface area contributed by atoms with Gasteiger partial charge in [0.1, 0.15) is 18.5 Å². The number of fused-ring (bicyclic) bond motifs is 7. The molecule has 0 radical (unpaired) electrons. The molecule has 0 spiro atoms. The molecular formula is C34H41F2NO8. The van der Waals surface area contributed by atoms with E-state index in [-0.39, 0.29) is 43.8 Å². The number of amides is 1. The van der Waals surface area contributed by atoms with Gasteiger partial charge in [-0.3, -0.25) is 9.59 Å². The molecule has 0 unspecified atom stereocenters. The van der Waals surface area contributed by atoms with E-state index in [0.717, 1.165) is 18.1 Å². The van der Waals surface area contributed by atoms with E-state index in [0.29, 0.717) is 12.2 Å². The summed E-state index contributed by atoms with van der Waals surface area (Å²) in [5, 5.41) is 14.3. The summed E-state index contributed by atoms with van der Waals surface area (Å²) < 4.78 is 56.9. The fourth-order valence-corrected chi connectivity index (χ4v) is 9.09. The second kappa shape index (κ2) is 11.3. The molecule has 1 aromatic rings. The molecule has 9 nitrogen and oxygen atoms in total. The number of allylic oxidation sites excluding steroid dienone is 4. The van der Waals surface area contributed by atoms with Crippen LogP contribution in [-0.2, 0) is 30.3 Å². The average molecular weight is 630 g/mol. The maximum atomic E-state index is 17.6. The highest BCUT2D eigenvalue weighted by Crippen LogP contribution is 2.72. The second-order valence-electron chi connectivity index (χ2n) is 13.5. The van der Waals surface area contributed by atoms with Crippen molar-refractivity contribution in [2.45, 2.75) is 95.4 Å². The Bertz CT molecular complexity index is 1430. The minimum absolute atomic E-state index is 0.0522. The van der Waals surface area contributed by atoms with Crippen LogP contribution in [0.4, 0.5) is 13.6 Å². The number of halogens is 2. The van der Waals surface area contributed by atoms with Crippen molar-refractivity contribution in [2.75, 3.05) is 13.7 Å². The van der Waals surface area contributed by atoms with Gasteiger partial charge in [-0.25, -0.2) is 13.6 Å². The number of carbonyl (C=O) groups excluding carboxylic acids is 3. The monoisotopic (exact) mass is 629 g/mol. The van der Waals surface area contributed by atoms with Crippen LogP contribution in [0.1, 0.15) is 58.4 Å². The average Bonchev–Trinajstić information content (AvgIpc) is 3.50.